The molecular formula is C19H18BrN3O2. The van der Waals surface area contributed by atoms with Crippen LogP contribution in [0.25, 0.3) is 0 Å². The summed E-state index contributed by atoms with van der Waals surface area (Å²) in [6.45, 7) is 2.33. The van der Waals surface area contributed by atoms with E-state index < -0.39 is 0 Å². The van der Waals surface area contributed by atoms with E-state index in [1.165, 1.54) is 5.56 Å². The number of hydrogen-bond donors (Lipinski definition) is 1. The first-order valence-corrected chi connectivity index (χ1v) is 8.75. The third-order valence-electron chi connectivity index (χ3n) is 3.67. The second-order valence-corrected chi connectivity index (χ2v) is 6.39. The topological polar surface area (TPSA) is 56.2 Å². The molecule has 6 heteroatoms. The lowest BCUT2D eigenvalue weighted by molar-refractivity contribution is 0.102. The van der Waals surface area contributed by atoms with E-state index in [-0.39, 0.29) is 12.6 Å². The molecule has 1 heterocycles. The van der Waals surface area contributed by atoms with Gasteiger partial charge in [-0.1, -0.05) is 35.0 Å². The SMILES string of the molecule is CCc1ccc(NC(=O)c2ccn(COc3ccc(Br)cc3)n2)cc1. The second kappa shape index (κ2) is 7.98. The molecule has 5 nitrogen and oxygen atoms in total. The fourth-order valence-electron chi connectivity index (χ4n) is 2.25. The van der Waals surface area contributed by atoms with Crippen LogP contribution < -0.4 is 10.1 Å². The van der Waals surface area contributed by atoms with Crippen LogP contribution in [0.15, 0.2) is 65.3 Å². The zero-order valence-corrected chi connectivity index (χ0v) is 15.4. The molecular weight excluding hydrogens is 382 g/mol. The molecule has 0 radical (unpaired) electrons. The van der Waals surface area contributed by atoms with Gasteiger partial charge in [-0.15, -0.1) is 0 Å². The van der Waals surface area contributed by atoms with Crippen molar-refractivity contribution in [3.8, 4) is 5.75 Å². The standard InChI is InChI=1S/C19H18BrN3O2/c1-2-14-3-7-16(8-4-14)21-19(24)18-11-12-23(22-18)13-25-17-9-5-15(20)6-10-17/h3-12H,2,13H2,1H3,(H,21,24). The Morgan fingerprint density at radius 1 is 1.12 bits per heavy atom. The van der Waals surface area contributed by atoms with E-state index in [0.717, 1.165) is 22.3 Å². The highest BCUT2D eigenvalue weighted by molar-refractivity contribution is 9.10. The summed E-state index contributed by atoms with van der Waals surface area (Å²) in [5, 5.41) is 7.09. The monoisotopic (exact) mass is 399 g/mol. The zero-order valence-electron chi connectivity index (χ0n) is 13.8. The number of carbonyl (C=O) groups excluding carboxylic acids is 1. The molecule has 3 rings (SSSR count). The minimum Gasteiger partial charge on any atom is -0.471 e. The Morgan fingerprint density at radius 3 is 2.52 bits per heavy atom. The van der Waals surface area contributed by atoms with Gasteiger partial charge in [0.15, 0.2) is 12.4 Å². The number of halogens is 1. The molecule has 0 bridgehead atoms. The molecule has 0 saturated carbocycles. The zero-order chi connectivity index (χ0) is 17.6. The van der Waals surface area contributed by atoms with Gasteiger partial charge in [-0.25, -0.2) is 4.68 Å². The average Bonchev–Trinajstić information content (AvgIpc) is 3.11. The number of ether oxygens (including phenoxy) is 1. The minimum absolute atomic E-state index is 0.236. The molecule has 0 fully saturated rings. The average molecular weight is 400 g/mol. The molecule has 1 amide bonds. The minimum atomic E-state index is -0.244. The molecule has 128 valence electrons. The Kier molecular flexibility index (Phi) is 5.50. The highest BCUT2D eigenvalue weighted by Crippen LogP contribution is 2.16. The summed E-state index contributed by atoms with van der Waals surface area (Å²) < 4.78 is 8.20. The van der Waals surface area contributed by atoms with E-state index >= 15 is 0 Å². The van der Waals surface area contributed by atoms with Crippen molar-refractivity contribution in [3.63, 3.8) is 0 Å². The van der Waals surface area contributed by atoms with E-state index in [9.17, 15) is 4.79 Å². The molecule has 1 N–H and O–H groups in total. The van der Waals surface area contributed by atoms with Gasteiger partial charge in [0.1, 0.15) is 5.75 Å². The lowest BCUT2D eigenvalue weighted by Crippen LogP contribution is -2.14. The fraction of sp³-hybridized carbons (Fsp3) is 0.158. The van der Waals surface area contributed by atoms with Crippen LogP contribution in [0.1, 0.15) is 23.0 Å². The number of aryl methyl sites for hydroxylation is 1. The number of benzene rings is 2. The maximum atomic E-state index is 12.3. The van der Waals surface area contributed by atoms with Gasteiger partial charge in [0.25, 0.3) is 5.91 Å². The number of rotatable bonds is 6. The molecule has 0 aliphatic rings. The van der Waals surface area contributed by atoms with Crippen molar-refractivity contribution < 1.29 is 9.53 Å². The summed E-state index contributed by atoms with van der Waals surface area (Å²) >= 11 is 3.38. The van der Waals surface area contributed by atoms with Crippen molar-refractivity contribution >= 4 is 27.5 Å². The number of nitrogens with zero attached hydrogens (tertiary/aromatic N) is 2. The Bertz CT molecular complexity index is 842. The van der Waals surface area contributed by atoms with Gasteiger partial charge in [0.2, 0.25) is 0 Å². The van der Waals surface area contributed by atoms with Crippen molar-refractivity contribution in [2.24, 2.45) is 0 Å². The van der Waals surface area contributed by atoms with Crippen LogP contribution in [-0.4, -0.2) is 15.7 Å². The molecule has 0 atom stereocenters. The van der Waals surface area contributed by atoms with E-state index in [1.54, 1.807) is 16.9 Å². The summed E-state index contributed by atoms with van der Waals surface area (Å²) in [5.74, 6) is 0.493. The molecule has 0 aliphatic heterocycles. The van der Waals surface area contributed by atoms with Gasteiger partial charge in [0, 0.05) is 16.4 Å². The lowest BCUT2D eigenvalue weighted by atomic mass is 10.1. The molecule has 1 aromatic heterocycles. The second-order valence-electron chi connectivity index (χ2n) is 5.47. The maximum Gasteiger partial charge on any atom is 0.276 e. The largest absolute Gasteiger partial charge is 0.471 e. The lowest BCUT2D eigenvalue weighted by Gasteiger charge is -2.06. The van der Waals surface area contributed by atoms with Gasteiger partial charge in [-0.3, -0.25) is 4.79 Å². The molecule has 3 aromatic rings. The Morgan fingerprint density at radius 2 is 1.84 bits per heavy atom. The third kappa shape index (κ3) is 4.70. The predicted molar refractivity (Wildman–Crippen MR) is 101 cm³/mol. The molecule has 0 unspecified atom stereocenters. The number of nitrogens with one attached hydrogen (secondary N) is 1. The predicted octanol–water partition coefficient (Wildman–Crippen LogP) is 4.50. The van der Waals surface area contributed by atoms with Crippen LogP contribution in [0.4, 0.5) is 5.69 Å². The van der Waals surface area contributed by atoms with Crippen molar-refractivity contribution in [2.75, 3.05) is 5.32 Å². The first-order valence-electron chi connectivity index (χ1n) is 7.96. The van der Waals surface area contributed by atoms with Crippen LogP contribution in [0.2, 0.25) is 0 Å². The van der Waals surface area contributed by atoms with Crippen molar-refractivity contribution in [2.45, 2.75) is 20.1 Å². The van der Waals surface area contributed by atoms with Gasteiger partial charge in [0.05, 0.1) is 0 Å². The number of anilines is 1. The summed E-state index contributed by atoms with van der Waals surface area (Å²) in [4.78, 5) is 12.3. The fourth-order valence-corrected chi connectivity index (χ4v) is 2.51. The highest BCUT2D eigenvalue weighted by atomic mass is 79.9. The summed E-state index contributed by atoms with van der Waals surface area (Å²) in [6, 6.07) is 17.0. The molecule has 0 aliphatic carbocycles. The quantitative estimate of drug-likeness (QED) is 0.663. The van der Waals surface area contributed by atoms with Crippen LogP contribution in [-0.2, 0) is 13.2 Å². The first-order chi connectivity index (χ1) is 12.1. The first kappa shape index (κ1) is 17.2. The van der Waals surface area contributed by atoms with E-state index in [0.29, 0.717) is 5.69 Å². The van der Waals surface area contributed by atoms with E-state index in [4.69, 9.17) is 4.74 Å². The van der Waals surface area contributed by atoms with Crippen LogP contribution in [0.5, 0.6) is 5.75 Å². The van der Waals surface area contributed by atoms with E-state index in [1.807, 2.05) is 48.5 Å². The number of hydrogen-bond acceptors (Lipinski definition) is 3. The summed E-state index contributed by atoms with van der Waals surface area (Å²) in [5.41, 5.74) is 2.33. The summed E-state index contributed by atoms with van der Waals surface area (Å²) in [7, 11) is 0. The molecule has 0 saturated heterocycles. The van der Waals surface area contributed by atoms with Gasteiger partial charge in [-0.2, -0.15) is 5.10 Å². The molecule has 2 aromatic carbocycles. The number of amides is 1. The smallest absolute Gasteiger partial charge is 0.276 e. The van der Waals surface area contributed by atoms with Crippen molar-refractivity contribution in [1.29, 1.82) is 0 Å². The third-order valence-corrected chi connectivity index (χ3v) is 4.20. The number of aromatic nitrogens is 2. The van der Waals surface area contributed by atoms with Gasteiger partial charge >= 0.3 is 0 Å². The highest BCUT2D eigenvalue weighted by Gasteiger charge is 2.10. The molecule has 0 spiro atoms. The Labute approximate surface area is 154 Å². The Hall–Kier alpha value is -2.60. The number of carbonyl (C=O) groups is 1. The van der Waals surface area contributed by atoms with Crippen LogP contribution in [0.3, 0.4) is 0 Å². The Balaban J connectivity index is 1.58. The summed E-state index contributed by atoms with van der Waals surface area (Å²) in [6.07, 6.45) is 2.69. The van der Waals surface area contributed by atoms with Crippen LogP contribution in [0, 0.1) is 0 Å². The van der Waals surface area contributed by atoms with Crippen LogP contribution >= 0.6 is 15.9 Å². The molecule has 25 heavy (non-hydrogen) atoms. The van der Waals surface area contributed by atoms with Gasteiger partial charge < -0.3 is 10.1 Å². The maximum absolute atomic E-state index is 12.3. The van der Waals surface area contributed by atoms with Crippen molar-refractivity contribution in [1.82, 2.24) is 9.78 Å². The van der Waals surface area contributed by atoms with Gasteiger partial charge in [-0.05, 0) is 54.4 Å². The van der Waals surface area contributed by atoms with Crippen molar-refractivity contribution in [3.05, 3.63) is 76.5 Å². The normalized spacial score (nSPS) is 10.5. The van der Waals surface area contributed by atoms with E-state index in [2.05, 4.69) is 33.3 Å².